The van der Waals surface area contributed by atoms with E-state index in [0.717, 1.165) is 69.0 Å². The molecule has 0 spiro atoms. The molecule has 0 radical (unpaired) electrons. The fourth-order valence-corrected chi connectivity index (χ4v) is 5.04. The Kier molecular flexibility index (Phi) is 5.47. The minimum Gasteiger partial charge on any atom is -0.350 e. The molecule has 4 heterocycles. The second kappa shape index (κ2) is 8.43. The van der Waals surface area contributed by atoms with Crippen molar-refractivity contribution in [1.82, 2.24) is 19.8 Å². The maximum absolute atomic E-state index is 13.4. The van der Waals surface area contributed by atoms with Crippen molar-refractivity contribution in [2.75, 3.05) is 37.6 Å². The van der Waals surface area contributed by atoms with Gasteiger partial charge in [0.05, 0.1) is 5.52 Å². The second-order valence-electron chi connectivity index (χ2n) is 8.82. The maximum Gasteiger partial charge on any atom is 0.272 e. The number of aryl methyl sites for hydroxylation is 1. The summed E-state index contributed by atoms with van der Waals surface area (Å²) in [6, 6.07) is 10.6. The number of allylic oxidation sites excluding steroid dienone is 1. The van der Waals surface area contributed by atoms with Crippen LogP contribution in [0.5, 0.6) is 0 Å². The molecule has 1 aromatic carbocycles. The molecule has 0 saturated carbocycles. The van der Waals surface area contributed by atoms with E-state index in [0.29, 0.717) is 5.69 Å². The van der Waals surface area contributed by atoms with Crippen LogP contribution in [-0.4, -0.2) is 53.1 Å². The highest BCUT2D eigenvalue weighted by Crippen LogP contribution is 2.35. The third-order valence-corrected chi connectivity index (χ3v) is 6.96. The number of carbonyl (C=O) groups excluding carboxylic acids is 1. The van der Waals surface area contributed by atoms with Crippen LogP contribution in [0.2, 0.25) is 0 Å². The Morgan fingerprint density at radius 1 is 1.16 bits per heavy atom. The number of nitrogens with zero attached hydrogens (tertiary/aromatic N) is 4. The van der Waals surface area contributed by atoms with Crippen LogP contribution in [0.4, 0.5) is 5.82 Å². The quantitative estimate of drug-likeness (QED) is 0.646. The molecule has 6 heteroatoms. The van der Waals surface area contributed by atoms with Crippen LogP contribution in [-0.2, 0) is 19.5 Å². The number of rotatable bonds is 4. The van der Waals surface area contributed by atoms with Crippen molar-refractivity contribution in [3.63, 3.8) is 0 Å². The van der Waals surface area contributed by atoms with E-state index in [1.807, 2.05) is 17.0 Å². The lowest BCUT2D eigenvalue weighted by Crippen LogP contribution is -2.46. The molecule has 6 nitrogen and oxygen atoms in total. The minimum absolute atomic E-state index is 0.0283. The number of hydrogen-bond donors (Lipinski definition) is 1. The minimum atomic E-state index is 0.0283. The molecule has 1 N–H and O–H groups in total. The Hall–Kier alpha value is -3.12. The fourth-order valence-electron chi connectivity index (χ4n) is 5.04. The maximum atomic E-state index is 13.4. The molecule has 2 aliphatic heterocycles. The van der Waals surface area contributed by atoms with Gasteiger partial charge in [-0.1, -0.05) is 30.3 Å². The van der Waals surface area contributed by atoms with Crippen LogP contribution in [0.3, 0.4) is 0 Å². The molecule has 0 aliphatic carbocycles. The molecule has 5 rings (SSSR count). The molecule has 2 aromatic heterocycles. The molecular formula is C26H31N5O. The molecule has 3 aromatic rings. The van der Waals surface area contributed by atoms with E-state index in [2.05, 4.69) is 59.5 Å². The van der Waals surface area contributed by atoms with Crippen molar-refractivity contribution in [3.05, 3.63) is 71.1 Å². The SMILES string of the molecule is C=CCn1c(C)c(C)c2cc(C(=O)N3CCNCC3)nc(N3CCc4ccccc4C3)c21. The lowest BCUT2D eigenvalue weighted by atomic mass is 10.00. The van der Waals surface area contributed by atoms with Crippen molar-refractivity contribution < 1.29 is 4.79 Å². The van der Waals surface area contributed by atoms with E-state index >= 15 is 0 Å². The summed E-state index contributed by atoms with van der Waals surface area (Å²) in [6.45, 7) is 13.8. The summed E-state index contributed by atoms with van der Waals surface area (Å²) >= 11 is 0. The molecule has 0 atom stereocenters. The Morgan fingerprint density at radius 2 is 1.91 bits per heavy atom. The van der Waals surface area contributed by atoms with Gasteiger partial charge in [-0.25, -0.2) is 4.98 Å². The summed E-state index contributed by atoms with van der Waals surface area (Å²) < 4.78 is 2.29. The van der Waals surface area contributed by atoms with Crippen molar-refractivity contribution >= 4 is 22.6 Å². The van der Waals surface area contributed by atoms with Crippen LogP contribution < -0.4 is 10.2 Å². The molecule has 2 aliphatic rings. The summed E-state index contributed by atoms with van der Waals surface area (Å²) in [5.74, 6) is 0.939. The van der Waals surface area contributed by atoms with Crippen molar-refractivity contribution in [2.24, 2.45) is 0 Å². The van der Waals surface area contributed by atoms with Gasteiger partial charge in [-0.3, -0.25) is 4.79 Å². The predicted molar refractivity (Wildman–Crippen MR) is 129 cm³/mol. The highest BCUT2D eigenvalue weighted by molar-refractivity contribution is 6.01. The number of aromatic nitrogens is 2. The topological polar surface area (TPSA) is 53.4 Å². The van der Waals surface area contributed by atoms with Crippen LogP contribution in [0.25, 0.3) is 10.9 Å². The third kappa shape index (κ3) is 3.48. The zero-order valence-corrected chi connectivity index (χ0v) is 19.0. The largest absolute Gasteiger partial charge is 0.350 e. The molecule has 166 valence electrons. The van der Waals surface area contributed by atoms with Gasteiger partial charge in [0.2, 0.25) is 0 Å². The number of amides is 1. The summed E-state index contributed by atoms with van der Waals surface area (Å²) in [5.41, 5.74) is 6.80. The second-order valence-corrected chi connectivity index (χ2v) is 8.82. The Bertz CT molecular complexity index is 1190. The lowest BCUT2D eigenvalue weighted by Gasteiger charge is -2.31. The molecule has 0 bridgehead atoms. The first-order valence-electron chi connectivity index (χ1n) is 11.5. The van der Waals surface area contributed by atoms with Crippen molar-refractivity contribution in [2.45, 2.75) is 33.4 Å². The molecular weight excluding hydrogens is 398 g/mol. The summed E-state index contributed by atoms with van der Waals surface area (Å²) in [7, 11) is 0. The van der Waals surface area contributed by atoms with E-state index in [1.54, 1.807) is 0 Å². The zero-order valence-electron chi connectivity index (χ0n) is 19.0. The standard InChI is InChI=1S/C26H31N5O/c1-4-12-31-19(3)18(2)22-16-23(26(32)29-14-10-27-11-15-29)28-25(24(22)31)30-13-9-20-7-5-6-8-21(20)17-30/h4-8,16,27H,1,9-15,17H2,2-3H3. The summed E-state index contributed by atoms with van der Waals surface area (Å²) in [4.78, 5) is 22.7. The molecule has 1 fully saturated rings. The highest BCUT2D eigenvalue weighted by atomic mass is 16.2. The van der Waals surface area contributed by atoms with Crippen LogP contribution in [0.15, 0.2) is 43.0 Å². The molecule has 1 saturated heterocycles. The predicted octanol–water partition coefficient (Wildman–Crippen LogP) is 3.45. The number of carbonyl (C=O) groups is 1. The first kappa shape index (κ1) is 20.8. The number of fused-ring (bicyclic) bond motifs is 2. The Labute approximate surface area is 189 Å². The van der Waals surface area contributed by atoms with Crippen molar-refractivity contribution in [3.8, 4) is 0 Å². The van der Waals surface area contributed by atoms with Gasteiger partial charge in [0.25, 0.3) is 5.91 Å². The van der Waals surface area contributed by atoms with Crippen molar-refractivity contribution in [1.29, 1.82) is 0 Å². The van der Waals surface area contributed by atoms with Gasteiger partial charge in [-0.05, 0) is 43.0 Å². The van der Waals surface area contributed by atoms with E-state index in [9.17, 15) is 4.79 Å². The normalized spacial score (nSPS) is 16.3. The highest BCUT2D eigenvalue weighted by Gasteiger charge is 2.27. The zero-order chi connectivity index (χ0) is 22.2. The monoisotopic (exact) mass is 429 g/mol. The van der Waals surface area contributed by atoms with Crippen LogP contribution >= 0.6 is 0 Å². The average molecular weight is 430 g/mol. The van der Waals surface area contributed by atoms with E-state index < -0.39 is 0 Å². The van der Waals surface area contributed by atoms with Crippen LogP contribution in [0, 0.1) is 13.8 Å². The summed E-state index contributed by atoms with van der Waals surface area (Å²) in [6.07, 6.45) is 2.91. The van der Waals surface area contributed by atoms with E-state index in [-0.39, 0.29) is 5.91 Å². The van der Waals surface area contributed by atoms with Gasteiger partial charge < -0.3 is 19.7 Å². The fraction of sp³-hybridized carbons (Fsp3) is 0.385. The molecule has 0 unspecified atom stereocenters. The van der Waals surface area contributed by atoms with E-state index in [4.69, 9.17) is 4.98 Å². The van der Waals surface area contributed by atoms with E-state index in [1.165, 1.54) is 22.4 Å². The Morgan fingerprint density at radius 3 is 2.66 bits per heavy atom. The third-order valence-electron chi connectivity index (χ3n) is 6.96. The number of nitrogens with one attached hydrogen (secondary N) is 1. The summed E-state index contributed by atoms with van der Waals surface area (Å²) in [5, 5.41) is 4.44. The van der Waals surface area contributed by atoms with Gasteiger partial charge in [0, 0.05) is 56.9 Å². The Balaban J connectivity index is 1.66. The first-order valence-corrected chi connectivity index (χ1v) is 11.5. The van der Waals surface area contributed by atoms with Gasteiger partial charge in [-0.15, -0.1) is 6.58 Å². The van der Waals surface area contributed by atoms with Gasteiger partial charge >= 0.3 is 0 Å². The average Bonchev–Trinajstić information content (AvgIpc) is 3.08. The lowest BCUT2D eigenvalue weighted by molar-refractivity contribution is 0.0730. The number of anilines is 1. The molecule has 1 amide bonds. The first-order chi connectivity index (χ1) is 15.6. The van der Waals surface area contributed by atoms with Gasteiger partial charge in [0.1, 0.15) is 5.69 Å². The smallest absolute Gasteiger partial charge is 0.272 e. The van der Waals surface area contributed by atoms with Gasteiger partial charge in [0.15, 0.2) is 5.82 Å². The van der Waals surface area contributed by atoms with Gasteiger partial charge in [-0.2, -0.15) is 0 Å². The number of benzene rings is 1. The van der Waals surface area contributed by atoms with Crippen LogP contribution in [0.1, 0.15) is 32.9 Å². The number of hydrogen-bond acceptors (Lipinski definition) is 4. The molecule has 32 heavy (non-hydrogen) atoms. The number of pyridine rings is 1. The number of piperazine rings is 1.